The number of piperidine rings is 1. The fraction of sp³-hybridized carbons (Fsp3) is 0.765. The van der Waals surface area contributed by atoms with Crippen molar-refractivity contribution in [3.8, 4) is 0 Å². The van der Waals surface area contributed by atoms with Gasteiger partial charge in [0, 0.05) is 51.3 Å². The van der Waals surface area contributed by atoms with E-state index in [1.807, 2.05) is 4.90 Å². The van der Waals surface area contributed by atoms with Crippen LogP contribution in [0.4, 0.5) is 5.95 Å². The van der Waals surface area contributed by atoms with E-state index in [4.69, 9.17) is 9.72 Å². The summed E-state index contributed by atoms with van der Waals surface area (Å²) >= 11 is 0. The minimum absolute atomic E-state index is 0.0917. The highest BCUT2D eigenvalue weighted by Crippen LogP contribution is 2.44. The van der Waals surface area contributed by atoms with Crippen LogP contribution in [0.25, 0.3) is 0 Å². The third-order valence-corrected chi connectivity index (χ3v) is 7.89. The van der Waals surface area contributed by atoms with Crippen molar-refractivity contribution < 1.29 is 13.2 Å². The first kappa shape index (κ1) is 18.9. The van der Waals surface area contributed by atoms with Gasteiger partial charge in [-0.05, 0) is 25.7 Å². The lowest BCUT2D eigenvalue weighted by Crippen LogP contribution is -2.51. The summed E-state index contributed by atoms with van der Waals surface area (Å²) in [4.78, 5) is 22.5. The third kappa shape index (κ3) is 3.18. The maximum absolute atomic E-state index is 12.7. The van der Waals surface area contributed by atoms with Crippen molar-refractivity contribution in [3.05, 3.63) is 21.6 Å². The Balaban J connectivity index is 1.71. The Hall–Kier alpha value is -1.49. The Labute approximate surface area is 159 Å². The van der Waals surface area contributed by atoms with Gasteiger partial charge in [-0.25, -0.2) is 4.98 Å². The van der Waals surface area contributed by atoms with Gasteiger partial charge in [0.25, 0.3) is 15.8 Å². The molecule has 0 amide bonds. The van der Waals surface area contributed by atoms with Crippen molar-refractivity contribution in [2.75, 3.05) is 58.4 Å². The molecule has 10 heteroatoms. The van der Waals surface area contributed by atoms with Crippen LogP contribution in [-0.2, 0) is 26.8 Å². The van der Waals surface area contributed by atoms with Gasteiger partial charge in [0.15, 0.2) is 0 Å². The second kappa shape index (κ2) is 6.84. The van der Waals surface area contributed by atoms with Crippen LogP contribution >= 0.6 is 0 Å². The smallest absolute Gasteiger partial charge is 0.281 e. The Morgan fingerprint density at radius 3 is 2.63 bits per heavy atom. The Morgan fingerprint density at radius 2 is 1.93 bits per heavy atom. The fourth-order valence-electron chi connectivity index (χ4n) is 4.48. The van der Waals surface area contributed by atoms with E-state index in [1.54, 1.807) is 18.4 Å². The lowest BCUT2D eigenvalue weighted by molar-refractivity contribution is 0.122. The predicted molar refractivity (Wildman–Crippen MR) is 101 cm³/mol. The second-order valence-corrected chi connectivity index (χ2v) is 9.97. The van der Waals surface area contributed by atoms with Crippen LogP contribution in [0.2, 0.25) is 0 Å². The zero-order valence-electron chi connectivity index (χ0n) is 15.9. The Morgan fingerprint density at radius 1 is 1.19 bits per heavy atom. The van der Waals surface area contributed by atoms with Crippen LogP contribution in [0.3, 0.4) is 0 Å². The molecule has 3 heterocycles. The van der Waals surface area contributed by atoms with Crippen molar-refractivity contribution in [2.24, 2.45) is 0 Å². The molecule has 3 aliphatic rings. The van der Waals surface area contributed by atoms with E-state index in [0.717, 1.165) is 30.5 Å². The molecule has 27 heavy (non-hydrogen) atoms. The molecule has 2 saturated heterocycles. The number of hydrogen-bond acceptors (Lipinski definition) is 6. The van der Waals surface area contributed by atoms with E-state index in [-0.39, 0.29) is 11.0 Å². The molecule has 9 nitrogen and oxygen atoms in total. The first-order valence-corrected chi connectivity index (χ1v) is 10.9. The molecule has 0 aromatic carbocycles. The maximum Gasteiger partial charge on any atom is 0.281 e. The summed E-state index contributed by atoms with van der Waals surface area (Å²) in [5, 5.41) is 0. The number of hydrogen-bond donors (Lipinski definition) is 1. The number of H-pyrrole nitrogens is 1. The van der Waals surface area contributed by atoms with E-state index in [2.05, 4.69) is 4.98 Å². The number of fused-ring (bicyclic) bond motifs is 2. The average molecular weight is 398 g/mol. The normalized spacial score (nSPS) is 26.7. The van der Waals surface area contributed by atoms with Crippen LogP contribution in [-0.4, -0.2) is 80.5 Å². The summed E-state index contributed by atoms with van der Waals surface area (Å²) in [6.45, 7) is 3.50. The minimum atomic E-state index is -3.48. The molecule has 0 saturated carbocycles. The molecule has 1 spiro atoms. The molecule has 1 N–H and O–H groups in total. The molecule has 2 aliphatic heterocycles. The van der Waals surface area contributed by atoms with Crippen molar-refractivity contribution in [1.29, 1.82) is 0 Å². The highest BCUT2D eigenvalue weighted by molar-refractivity contribution is 7.86. The van der Waals surface area contributed by atoms with Crippen LogP contribution in [0.15, 0.2) is 4.79 Å². The maximum atomic E-state index is 12.7. The Kier molecular flexibility index (Phi) is 4.77. The Bertz CT molecular complexity index is 878. The SMILES string of the molecule is CN(C)S(=O)(=O)N1CCCC2(CCc3c2nc(N2CCOCC2)[nH]c3=O)C1. The number of aromatic amines is 1. The summed E-state index contributed by atoms with van der Waals surface area (Å²) in [5.74, 6) is 0.580. The van der Waals surface area contributed by atoms with Gasteiger partial charge in [0.1, 0.15) is 0 Å². The molecule has 150 valence electrons. The molecule has 1 aliphatic carbocycles. The number of morpholine rings is 1. The molecular weight excluding hydrogens is 370 g/mol. The number of anilines is 1. The zero-order chi connectivity index (χ0) is 19.2. The van der Waals surface area contributed by atoms with Crippen LogP contribution in [0.5, 0.6) is 0 Å². The van der Waals surface area contributed by atoms with Gasteiger partial charge in [0.05, 0.1) is 18.9 Å². The predicted octanol–water partition coefficient (Wildman–Crippen LogP) is -0.307. The molecular formula is C17H27N5O4S. The lowest BCUT2D eigenvalue weighted by Gasteiger charge is -2.40. The van der Waals surface area contributed by atoms with Crippen LogP contribution < -0.4 is 10.5 Å². The van der Waals surface area contributed by atoms with Gasteiger partial charge in [-0.3, -0.25) is 9.78 Å². The molecule has 0 bridgehead atoms. The van der Waals surface area contributed by atoms with Gasteiger partial charge >= 0.3 is 0 Å². The van der Waals surface area contributed by atoms with E-state index in [9.17, 15) is 13.2 Å². The summed E-state index contributed by atoms with van der Waals surface area (Å²) < 4.78 is 33.5. The average Bonchev–Trinajstić information content (AvgIpc) is 3.01. The molecule has 1 aromatic heterocycles. The second-order valence-electron chi connectivity index (χ2n) is 7.82. The van der Waals surface area contributed by atoms with Crippen molar-refractivity contribution in [1.82, 2.24) is 18.6 Å². The fourth-order valence-corrected chi connectivity index (χ4v) is 5.71. The minimum Gasteiger partial charge on any atom is -0.378 e. The van der Waals surface area contributed by atoms with E-state index in [0.29, 0.717) is 51.8 Å². The zero-order valence-corrected chi connectivity index (χ0v) is 16.7. The van der Waals surface area contributed by atoms with E-state index < -0.39 is 10.2 Å². The summed E-state index contributed by atoms with van der Waals surface area (Å²) in [6, 6.07) is 0. The van der Waals surface area contributed by atoms with Gasteiger partial charge in [-0.15, -0.1) is 0 Å². The third-order valence-electron chi connectivity index (χ3n) is 6.00. The number of nitrogens with one attached hydrogen (secondary N) is 1. The molecule has 4 rings (SSSR count). The summed E-state index contributed by atoms with van der Waals surface area (Å²) in [6.07, 6.45) is 3.05. The van der Waals surface area contributed by atoms with Gasteiger partial charge in [0.2, 0.25) is 5.95 Å². The summed E-state index contributed by atoms with van der Waals surface area (Å²) in [5.41, 5.74) is 1.06. The number of ether oxygens (including phenoxy) is 1. The number of rotatable bonds is 3. The number of aromatic nitrogens is 2. The van der Waals surface area contributed by atoms with Crippen molar-refractivity contribution in [3.63, 3.8) is 0 Å². The van der Waals surface area contributed by atoms with Crippen LogP contribution in [0, 0.1) is 0 Å². The standard InChI is InChI=1S/C17H27N5O4S/c1-20(2)27(24,25)22-7-3-5-17(12-22)6-4-13-14(17)18-16(19-15(13)23)21-8-10-26-11-9-21/h3-12H2,1-2H3,(H,18,19,23). The molecule has 0 radical (unpaired) electrons. The van der Waals surface area contributed by atoms with Gasteiger partial charge in [-0.2, -0.15) is 17.0 Å². The molecule has 2 fully saturated rings. The van der Waals surface area contributed by atoms with E-state index >= 15 is 0 Å². The molecule has 1 atom stereocenters. The molecule has 1 unspecified atom stereocenters. The van der Waals surface area contributed by atoms with Gasteiger partial charge in [-0.1, -0.05) is 0 Å². The highest BCUT2D eigenvalue weighted by atomic mass is 32.2. The number of nitrogens with zero attached hydrogens (tertiary/aromatic N) is 4. The quantitative estimate of drug-likeness (QED) is 0.751. The van der Waals surface area contributed by atoms with Crippen molar-refractivity contribution in [2.45, 2.75) is 31.1 Å². The lowest BCUT2D eigenvalue weighted by atomic mass is 9.78. The van der Waals surface area contributed by atoms with Crippen LogP contribution in [0.1, 0.15) is 30.5 Å². The topological polar surface area (TPSA) is 98.8 Å². The van der Waals surface area contributed by atoms with Gasteiger partial charge < -0.3 is 9.64 Å². The van der Waals surface area contributed by atoms with E-state index in [1.165, 1.54) is 4.31 Å². The highest BCUT2D eigenvalue weighted by Gasteiger charge is 2.47. The molecule has 1 aromatic rings. The van der Waals surface area contributed by atoms with Crippen molar-refractivity contribution >= 4 is 16.2 Å². The first-order valence-electron chi connectivity index (χ1n) is 9.47. The monoisotopic (exact) mass is 397 g/mol. The first-order chi connectivity index (χ1) is 12.8. The summed E-state index contributed by atoms with van der Waals surface area (Å²) in [7, 11) is -0.372. The largest absolute Gasteiger partial charge is 0.378 e.